The molecule has 4 aromatic rings. The molecular weight excluding hydrogens is 356 g/mol. The summed E-state index contributed by atoms with van der Waals surface area (Å²) in [5.74, 6) is -1.91. The first-order valence-corrected chi connectivity index (χ1v) is 8.70. The lowest BCUT2D eigenvalue weighted by molar-refractivity contribution is 0.400. The van der Waals surface area contributed by atoms with Crippen molar-refractivity contribution in [2.75, 3.05) is 0 Å². The van der Waals surface area contributed by atoms with Crippen LogP contribution in [0.4, 0.5) is 8.78 Å². The Morgan fingerprint density at radius 3 is 2.35 bits per heavy atom. The normalized spacial score (nSPS) is 11.1. The van der Waals surface area contributed by atoms with Crippen molar-refractivity contribution >= 4 is 21.4 Å². The number of thiophene rings is 1. The Bertz CT molecular complexity index is 1080. The van der Waals surface area contributed by atoms with Gasteiger partial charge in [-0.2, -0.15) is 0 Å². The van der Waals surface area contributed by atoms with E-state index in [4.69, 9.17) is 4.74 Å². The number of rotatable bonds is 3. The second kappa shape index (κ2) is 6.42. The van der Waals surface area contributed by atoms with E-state index >= 15 is 0 Å². The van der Waals surface area contributed by atoms with Gasteiger partial charge in [0, 0.05) is 23.1 Å². The quantitative estimate of drug-likeness (QED) is 0.482. The molecule has 0 saturated carbocycles. The van der Waals surface area contributed by atoms with Crippen LogP contribution in [0.15, 0.2) is 42.2 Å². The van der Waals surface area contributed by atoms with Gasteiger partial charge in [-0.1, -0.05) is 0 Å². The molecule has 0 aliphatic rings. The SMILES string of the molecule is Cc1ncnc(C)c1-c1cc(F)c(Oc2nccc3ccsc23)c(F)c1. The maximum absolute atomic E-state index is 14.6. The zero-order valence-electron chi connectivity index (χ0n) is 14.0. The van der Waals surface area contributed by atoms with Crippen molar-refractivity contribution in [2.45, 2.75) is 13.8 Å². The maximum atomic E-state index is 14.6. The van der Waals surface area contributed by atoms with E-state index in [1.54, 1.807) is 20.0 Å². The van der Waals surface area contributed by atoms with Crippen LogP contribution < -0.4 is 4.74 Å². The van der Waals surface area contributed by atoms with E-state index in [9.17, 15) is 8.78 Å². The Morgan fingerprint density at radius 2 is 1.65 bits per heavy atom. The standard InChI is InChI=1S/C19H13F2N3OS/c1-10-16(11(2)24-9-23-10)13-7-14(20)17(15(21)8-13)25-19-18-12(3-5-22-19)4-6-26-18/h3-9H,1-2H3. The van der Waals surface area contributed by atoms with E-state index in [0.717, 1.165) is 10.1 Å². The van der Waals surface area contributed by atoms with Gasteiger partial charge >= 0.3 is 0 Å². The van der Waals surface area contributed by atoms with E-state index < -0.39 is 17.4 Å². The van der Waals surface area contributed by atoms with Crippen LogP contribution >= 0.6 is 11.3 Å². The van der Waals surface area contributed by atoms with Crippen LogP contribution in [0, 0.1) is 25.5 Å². The molecule has 3 heterocycles. The molecule has 7 heteroatoms. The van der Waals surface area contributed by atoms with Gasteiger partial charge in [-0.25, -0.2) is 23.7 Å². The summed E-state index contributed by atoms with van der Waals surface area (Å²) in [5.41, 5.74) is 2.27. The lowest BCUT2D eigenvalue weighted by atomic mass is 10.0. The molecule has 0 bridgehead atoms. The average molecular weight is 369 g/mol. The molecule has 0 saturated heterocycles. The van der Waals surface area contributed by atoms with Gasteiger partial charge in [0.05, 0.1) is 4.70 Å². The molecule has 0 atom stereocenters. The van der Waals surface area contributed by atoms with Crippen LogP contribution in [-0.2, 0) is 0 Å². The van der Waals surface area contributed by atoms with E-state index in [2.05, 4.69) is 15.0 Å². The number of benzene rings is 1. The fourth-order valence-electron chi connectivity index (χ4n) is 2.85. The predicted molar refractivity (Wildman–Crippen MR) is 96.6 cm³/mol. The topological polar surface area (TPSA) is 47.9 Å². The molecule has 0 N–H and O–H groups in total. The molecule has 130 valence electrons. The number of ether oxygens (including phenoxy) is 1. The second-order valence-corrected chi connectivity index (χ2v) is 6.66. The number of nitrogens with zero attached hydrogens (tertiary/aromatic N) is 3. The van der Waals surface area contributed by atoms with Crippen molar-refractivity contribution in [3.05, 3.63) is 65.2 Å². The summed E-state index contributed by atoms with van der Waals surface area (Å²) in [5, 5.41) is 2.78. The van der Waals surface area contributed by atoms with E-state index in [0.29, 0.717) is 22.5 Å². The number of hydrogen-bond acceptors (Lipinski definition) is 5. The van der Waals surface area contributed by atoms with Crippen LogP contribution in [0.1, 0.15) is 11.4 Å². The van der Waals surface area contributed by atoms with Crippen molar-refractivity contribution in [3.8, 4) is 22.8 Å². The number of halogens is 2. The minimum atomic E-state index is -0.807. The first kappa shape index (κ1) is 16.5. The number of aryl methyl sites for hydroxylation is 2. The van der Waals surface area contributed by atoms with Gasteiger partial charge in [-0.15, -0.1) is 11.3 Å². The van der Waals surface area contributed by atoms with Crippen LogP contribution in [0.2, 0.25) is 0 Å². The highest BCUT2D eigenvalue weighted by Gasteiger charge is 2.18. The summed E-state index contributed by atoms with van der Waals surface area (Å²) < 4.78 is 35.5. The van der Waals surface area contributed by atoms with Crippen LogP contribution in [0.25, 0.3) is 21.2 Å². The van der Waals surface area contributed by atoms with E-state index in [1.807, 2.05) is 17.5 Å². The Kier molecular flexibility index (Phi) is 4.08. The summed E-state index contributed by atoms with van der Waals surface area (Å²) in [7, 11) is 0. The van der Waals surface area contributed by atoms with Gasteiger partial charge in [0.15, 0.2) is 11.6 Å². The minimum absolute atomic E-state index is 0.179. The highest BCUT2D eigenvalue weighted by molar-refractivity contribution is 7.17. The number of hydrogen-bond donors (Lipinski definition) is 0. The lowest BCUT2D eigenvalue weighted by Crippen LogP contribution is -1.99. The largest absolute Gasteiger partial charge is 0.431 e. The average Bonchev–Trinajstić information content (AvgIpc) is 3.07. The van der Waals surface area contributed by atoms with Crippen LogP contribution in [0.5, 0.6) is 11.6 Å². The van der Waals surface area contributed by atoms with Crippen molar-refractivity contribution in [2.24, 2.45) is 0 Å². The van der Waals surface area contributed by atoms with Crippen molar-refractivity contribution in [1.82, 2.24) is 15.0 Å². The molecule has 0 fully saturated rings. The van der Waals surface area contributed by atoms with Crippen LogP contribution in [-0.4, -0.2) is 15.0 Å². The monoisotopic (exact) mass is 369 g/mol. The zero-order chi connectivity index (χ0) is 18.3. The highest BCUT2D eigenvalue weighted by atomic mass is 32.1. The summed E-state index contributed by atoms with van der Waals surface area (Å²) in [4.78, 5) is 12.3. The van der Waals surface area contributed by atoms with E-state index in [1.165, 1.54) is 29.8 Å². The number of pyridine rings is 1. The molecule has 0 aliphatic carbocycles. The molecule has 3 aromatic heterocycles. The van der Waals surface area contributed by atoms with Gasteiger partial charge in [-0.05, 0) is 54.4 Å². The van der Waals surface area contributed by atoms with Gasteiger partial charge in [0.25, 0.3) is 0 Å². The first-order chi connectivity index (χ1) is 12.5. The zero-order valence-corrected chi connectivity index (χ0v) is 14.8. The number of aromatic nitrogens is 3. The van der Waals surface area contributed by atoms with Crippen molar-refractivity contribution < 1.29 is 13.5 Å². The molecule has 0 radical (unpaired) electrons. The Balaban J connectivity index is 1.79. The molecule has 0 spiro atoms. The Morgan fingerprint density at radius 1 is 0.962 bits per heavy atom. The number of fused-ring (bicyclic) bond motifs is 1. The third-order valence-electron chi connectivity index (χ3n) is 4.05. The summed E-state index contributed by atoms with van der Waals surface area (Å²) in [6.45, 7) is 3.54. The summed E-state index contributed by atoms with van der Waals surface area (Å²) in [6, 6.07) is 6.16. The predicted octanol–water partition coefficient (Wildman–Crippen LogP) is 5.44. The van der Waals surface area contributed by atoms with E-state index in [-0.39, 0.29) is 5.88 Å². The highest BCUT2D eigenvalue weighted by Crippen LogP contribution is 2.36. The van der Waals surface area contributed by atoms with Gasteiger partial charge in [0.2, 0.25) is 11.6 Å². The third-order valence-corrected chi connectivity index (χ3v) is 4.97. The molecular formula is C19H13F2N3OS. The summed E-state index contributed by atoms with van der Waals surface area (Å²) in [6.07, 6.45) is 2.97. The van der Waals surface area contributed by atoms with Crippen LogP contribution in [0.3, 0.4) is 0 Å². The first-order valence-electron chi connectivity index (χ1n) is 7.82. The molecule has 0 amide bonds. The van der Waals surface area contributed by atoms with Gasteiger partial charge < -0.3 is 4.74 Å². The second-order valence-electron chi connectivity index (χ2n) is 5.75. The Hall–Kier alpha value is -2.93. The molecule has 0 aliphatic heterocycles. The Labute approximate surface area is 152 Å². The minimum Gasteiger partial charge on any atom is -0.431 e. The third kappa shape index (κ3) is 2.80. The molecule has 26 heavy (non-hydrogen) atoms. The maximum Gasteiger partial charge on any atom is 0.237 e. The fourth-order valence-corrected chi connectivity index (χ4v) is 3.67. The fraction of sp³-hybridized carbons (Fsp3) is 0.105. The van der Waals surface area contributed by atoms with Gasteiger partial charge in [0.1, 0.15) is 6.33 Å². The van der Waals surface area contributed by atoms with Gasteiger partial charge in [-0.3, -0.25) is 0 Å². The molecule has 4 rings (SSSR count). The summed E-state index contributed by atoms with van der Waals surface area (Å²) >= 11 is 1.40. The smallest absolute Gasteiger partial charge is 0.237 e. The molecule has 0 unspecified atom stereocenters. The van der Waals surface area contributed by atoms with Crippen molar-refractivity contribution in [3.63, 3.8) is 0 Å². The lowest BCUT2D eigenvalue weighted by Gasteiger charge is -2.12. The molecule has 1 aromatic carbocycles. The van der Waals surface area contributed by atoms with Crippen molar-refractivity contribution in [1.29, 1.82) is 0 Å². The molecule has 4 nitrogen and oxygen atoms in total.